The zero-order valence-electron chi connectivity index (χ0n) is 12.8. The van der Waals surface area contributed by atoms with Crippen molar-refractivity contribution in [1.82, 2.24) is 4.98 Å². The van der Waals surface area contributed by atoms with E-state index in [1.807, 2.05) is 18.5 Å². The lowest BCUT2D eigenvalue weighted by molar-refractivity contribution is 0.486. The first-order valence-corrected chi connectivity index (χ1v) is 7.58. The van der Waals surface area contributed by atoms with Gasteiger partial charge >= 0.3 is 0 Å². The maximum Gasteiger partial charge on any atom is 0.0448 e. The standard InChI is InChI=1S/C17H25N3/c1-4-13(5-2)12-20(6-3)17-8-7-16(18)15-11-19-10-9-14(15)17/h7-11,13H,4-6,12,18H2,1-3H3. The van der Waals surface area contributed by atoms with E-state index in [1.165, 1.54) is 23.9 Å². The highest BCUT2D eigenvalue weighted by atomic mass is 15.1. The van der Waals surface area contributed by atoms with Gasteiger partial charge in [0.2, 0.25) is 0 Å². The molecule has 0 saturated heterocycles. The van der Waals surface area contributed by atoms with Crippen LogP contribution in [-0.2, 0) is 0 Å². The van der Waals surface area contributed by atoms with Gasteiger partial charge in [-0.2, -0.15) is 0 Å². The van der Waals surface area contributed by atoms with Crippen LogP contribution in [0.4, 0.5) is 11.4 Å². The van der Waals surface area contributed by atoms with Gasteiger partial charge in [0.05, 0.1) is 0 Å². The number of rotatable bonds is 6. The third-order valence-electron chi connectivity index (χ3n) is 4.18. The Labute approximate surface area is 121 Å². The molecule has 0 saturated carbocycles. The van der Waals surface area contributed by atoms with E-state index in [0.717, 1.165) is 30.1 Å². The number of hydrogen-bond acceptors (Lipinski definition) is 3. The van der Waals surface area contributed by atoms with E-state index in [-0.39, 0.29) is 0 Å². The number of nitrogens with two attached hydrogens (primary N) is 1. The molecule has 0 atom stereocenters. The summed E-state index contributed by atoms with van der Waals surface area (Å²) in [4.78, 5) is 6.65. The molecule has 1 heterocycles. The van der Waals surface area contributed by atoms with Crippen LogP contribution >= 0.6 is 0 Å². The Hall–Kier alpha value is -1.77. The summed E-state index contributed by atoms with van der Waals surface area (Å²) in [5.74, 6) is 0.740. The summed E-state index contributed by atoms with van der Waals surface area (Å²) >= 11 is 0. The van der Waals surface area contributed by atoms with E-state index < -0.39 is 0 Å². The van der Waals surface area contributed by atoms with Crippen molar-refractivity contribution >= 4 is 22.1 Å². The zero-order valence-corrected chi connectivity index (χ0v) is 12.8. The number of nitrogens with zero attached hydrogens (tertiary/aromatic N) is 2. The van der Waals surface area contributed by atoms with Gasteiger partial charge in [-0.3, -0.25) is 4.98 Å². The molecule has 0 aliphatic carbocycles. The van der Waals surface area contributed by atoms with Crippen LogP contribution in [0, 0.1) is 5.92 Å². The van der Waals surface area contributed by atoms with Crippen LogP contribution in [0.1, 0.15) is 33.6 Å². The molecular formula is C17H25N3. The molecule has 3 nitrogen and oxygen atoms in total. The van der Waals surface area contributed by atoms with E-state index in [1.54, 1.807) is 0 Å². The maximum absolute atomic E-state index is 6.06. The Morgan fingerprint density at radius 3 is 2.50 bits per heavy atom. The van der Waals surface area contributed by atoms with Gasteiger partial charge < -0.3 is 10.6 Å². The topological polar surface area (TPSA) is 42.1 Å². The van der Waals surface area contributed by atoms with Gasteiger partial charge in [-0.05, 0) is 31.0 Å². The van der Waals surface area contributed by atoms with Crippen LogP contribution in [-0.4, -0.2) is 18.1 Å². The van der Waals surface area contributed by atoms with Crippen LogP contribution in [0.25, 0.3) is 10.8 Å². The molecule has 0 bridgehead atoms. The fourth-order valence-corrected chi connectivity index (χ4v) is 2.73. The number of aromatic nitrogens is 1. The predicted molar refractivity (Wildman–Crippen MR) is 88.1 cm³/mol. The smallest absolute Gasteiger partial charge is 0.0448 e. The number of nitrogen functional groups attached to an aromatic ring is 1. The van der Waals surface area contributed by atoms with Crippen molar-refractivity contribution in [2.45, 2.75) is 33.6 Å². The normalized spacial score (nSPS) is 11.2. The third-order valence-corrected chi connectivity index (χ3v) is 4.18. The van der Waals surface area contributed by atoms with Crippen LogP contribution in [0.5, 0.6) is 0 Å². The highest BCUT2D eigenvalue weighted by Gasteiger charge is 2.14. The Balaban J connectivity index is 2.42. The molecule has 0 amide bonds. The van der Waals surface area contributed by atoms with Crippen molar-refractivity contribution in [1.29, 1.82) is 0 Å². The first-order chi connectivity index (χ1) is 9.71. The van der Waals surface area contributed by atoms with Crippen molar-refractivity contribution in [2.75, 3.05) is 23.7 Å². The molecule has 0 aliphatic rings. The molecule has 0 unspecified atom stereocenters. The SMILES string of the molecule is CCC(CC)CN(CC)c1ccc(N)c2cnccc12. The third kappa shape index (κ3) is 2.87. The van der Waals surface area contributed by atoms with Crippen molar-refractivity contribution in [3.63, 3.8) is 0 Å². The molecule has 0 fully saturated rings. The monoisotopic (exact) mass is 271 g/mol. The van der Waals surface area contributed by atoms with Gasteiger partial charge in [0, 0.05) is 47.6 Å². The minimum atomic E-state index is 0.740. The number of anilines is 2. The summed E-state index contributed by atoms with van der Waals surface area (Å²) < 4.78 is 0. The zero-order chi connectivity index (χ0) is 14.5. The maximum atomic E-state index is 6.06. The van der Waals surface area contributed by atoms with Gasteiger partial charge in [0.1, 0.15) is 0 Å². The van der Waals surface area contributed by atoms with Gasteiger partial charge in [-0.15, -0.1) is 0 Å². The average molecular weight is 271 g/mol. The summed E-state index contributed by atoms with van der Waals surface area (Å²) in [6, 6.07) is 6.20. The van der Waals surface area contributed by atoms with Crippen LogP contribution < -0.4 is 10.6 Å². The second kappa shape index (κ2) is 6.60. The summed E-state index contributed by atoms with van der Waals surface area (Å²) in [6.45, 7) is 8.87. The van der Waals surface area contributed by atoms with E-state index in [9.17, 15) is 0 Å². The summed E-state index contributed by atoms with van der Waals surface area (Å²) in [5.41, 5.74) is 8.13. The highest BCUT2D eigenvalue weighted by Crippen LogP contribution is 2.31. The fraction of sp³-hybridized carbons (Fsp3) is 0.471. The fourth-order valence-electron chi connectivity index (χ4n) is 2.73. The Bertz CT molecular complexity index is 561. The van der Waals surface area contributed by atoms with E-state index >= 15 is 0 Å². The number of pyridine rings is 1. The van der Waals surface area contributed by atoms with Crippen molar-refractivity contribution in [3.05, 3.63) is 30.6 Å². The molecule has 0 spiro atoms. The molecule has 0 radical (unpaired) electrons. The number of fused-ring (bicyclic) bond motifs is 1. The van der Waals surface area contributed by atoms with Crippen molar-refractivity contribution < 1.29 is 0 Å². The molecule has 1 aromatic carbocycles. The molecule has 20 heavy (non-hydrogen) atoms. The minimum absolute atomic E-state index is 0.740. The lowest BCUT2D eigenvalue weighted by atomic mass is 10.0. The van der Waals surface area contributed by atoms with Gasteiger partial charge in [0.15, 0.2) is 0 Å². The predicted octanol–water partition coefficient (Wildman–Crippen LogP) is 4.08. The number of benzene rings is 1. The molecule has 0 aliphatic heterocycles. The van der Waals surface area contributed by atoms with Gasteiger partial charge in [0.25, 0.3) is 0 Å². The Kier molecular flexibility index (Phi) is 4.83. The largest absolute Gasteiger partial charge is 0.398 e. The van der Waals surface area contributed by atoms with Crippen molar-refractivity contribution in [2.24, 2.45) is 5.92 Å². The van der Waals surface area contributed by atoms with Crippen molar-refractivity contribution in [3.8, 4) is 0 Å². The molecular weight excluding hydrogens is 246 g/mol. The van der Waals surface area contributed by atoms with E-state index in [2.05, 4.69) is 42.8 Å². The van der Waals surface area contributed by atoms with E-state index in [0.29, 0.717) is 0 Å². The van der Waals surface area contributed by atoms with Gasteiger partial charge in [-0.25, -0.2) is 0 Å². The number of hydrogen-bond donors (Lipinski definition) is 1. The Morgan fingerprint density at radius 1 is 1.10 bits per heavy atom. The van der Waals surface area contributed by atoms with Crippen LogP contribution in [0.15, 0.2) is 30.6 Å². The summed E-state index contributed by atoms with van der Waals surface area (Å²) in [7, 11) is 0. The summed E-state index contributed by atoms with van der Waals surface area (Å²) in [5, 5.41) is 2.25. The highest BCUT2D eigenvalue weighted by molar-refractivity contribution is 6.00. The first kappa shape index (κ1) is 14.6. The van der Waals surface area contributed by atoms with Gasteiger partial charge in [-0.1, -0.05) is 26.7 Å². The molecule has 2 rings (SSSR count). The lowest BCUT2D eigenvalue weighted by Crippen LogP contribution is -2.29. The second-order valence-electron chi connectivity index (χ2n) is 5.32. The first-order valence-electron chi connectivity index (χ1n) is 7.58. The average Bonchev–Trinajstić information content (AvgIpc) is 2.50. The van der Waals surface area contributed by atoms with Crippen LogP contribution in [0.3, 0.4) is 0 Å². The lowest BCUT2D eigenvalue weighted by Gasteiger charge is -2.28. The van der Waals surface area contributed by atoms with E-state index in [4.69, 9.17) is 5.73 Å². The molecule has 3 heteroatoms. The minimum Gasteiger partial charge on any atom is -0.398 e. The molecule has 2 N–H and O–H groups in total. The molecule has 108 valence electrons. The second-order valence-corrected chi connectivity index (χ2v) is 5.32. The van der Waals surface area contributed by atoms with Crippen LogP contribution in [0.2, 0.25) is 0 Å². The summed E-state index contributed by atoms with van der Waals surface area (Å²) in [6.07, 6.45) is 6.15. The molecule has 2 aromatic rings. The quantitative estimate of drug-likeness (QED) is 0.805. The molecule has 1 aromatic heterocycles. The Morgan fingerprint density at radius 2 is 1.85 bits per heavy atom.